The quantitative estimate of drug-likeness (QED) is 0.400. The van der Waals surface area contributed by atoms with Crippen molar-refractivity contribution in [1.82, 2.24) is 0 Å². The SMILES string of the molecule is O=C([O-])C(F)(F)OC1CC2CC=CC1C2.[Li+]. The molecule has 2 aliphatic rings. The molecule has 0 aliphatic heterocycles. The second-order valence-electron chi connectivity index (χ2n) is 4.13. The van der Waals surface area contributed by atoms with Gasteiger partial charge in [-0.25, -0.2) is 0 Å². The van der Waals surface area contributed by atoms with E-state index in [4.69, 9.17) is 0 Å². The van der Waals surface area contributed by atoms with Crippen LogP contribution in [0.4, 0.5) is 8.78 Å². The van der Waals surface area contributed by atoms with Gasteiger partial charge in [-0.1, -0.05) is 12.2 Å². The molecule has 0 aromatic carbocycles. The fraction of sp³-hybridized carbons (Fsp3) is 0.700. The standard InChI is InChI=1S/C10H12F2O3.Li/c11-10(12,9(13)14)15-8-5-6-2-1-3-7(8)4-6;/h1,3,6-8H,2,4-5H2,(H,13,14);/q;+1/p-1. The van der Waals surface area contributed by atoms with E-state index in [9.17, 15) is 18.7 Å². The molecule has 0 aromatic heterocycles. The van der Waals surface area contributed by atoms with Gasteiger partial charge in [0.2, 0.25) is 0 Å². The van der Waals surface area contributed by atoms with Gasteiger partial charge in [-0.3, -0.25) is 0 Å². The zero-order valence-electron chi connectivity index (χ0n) is 8.99. The molecule has 3 atom stereocenters. The number of allylic oxidation sites excluding steroid dienone is 1. The number of carbonyl (C=O) groups is 1. The molecule has 16 heavy (non-hydrogen) atoms. The Labute approximate surface area is 104 Å². The van der Waals surface area contributed by atoms with Crippen LogP contribution in [0.15, 0.2) is 12.2 Å². The molecule has 0 N–H and O–H groups in total. The topological polar surface area (TPSA) is 49.4 Å². The van der Waals surface area contributed by atoms with Crippen LogP contribution in [-0.2, 0) is 9.53 Å². The molecule has 3 nitrogen and oxygen atoms in total. The van der Waals surface area contributed by atoms with Gasteiger partial charge in [-0.2, -0.15) is 8.78 Å². The van der Waals surface area contributed by atoms with E-state index in [1.807, 2.05) is 12.2 Å². The number of ether oxygens (including phenoxy) is 1. The van der Waals surface area contributed by atoms with Crippen LogP contribution in [0.25, 0.3) is 0 Å². The van der Waals surface area contributed by atoms with Gasteiger partial charge in [-0.15, -0.1) is 0 Å². The second kappa shape index (κ2) is 4.87. The van der Waals surface area contributed by atoms with Crippen molar-refractivity contribution in [3.8, 4) is 0 Å². The van der Waals surface area contributed by atoms with Crippen LogP contribution in [0.3, 0.4) is 0 Å². The molecule has 0 spiro atoms. The molecule has 0 radical (unpaired) electrons. The number of rotatable bonds is 3. The third-order valence-electron chi connectivity index (χ3n) is 3.04. The molecule has 1 fully saturated rings. The van der Waals surface area contributed by atoms with Gasteiger partial charge in [-0.05, 0) is 25.2 Å². The van der Waals surface area contributed by atoms with Gasteiger partial charge in [0, 0.05) is 5.92 Å². The molecule has 2 bridgehead atoms. The van der Waals surface area contributed by atoms with Crippen LogP contribution in [-0.4, -0.2) is 18.2 Å². The van der Waals surface area contributed by atoms with E-state index in [0.29, 0.717) is 12.3 Å². The largest absolute Gasteiger partial charge is 1.00 e. The Morgan fingerprint density at radius 3 is 2.69 bits per heavy atom. The molecule has 1 saturated carbocycles. The fourth-order valence-electron chi connectivity index (χ4n) is 2.35. The molecule has 0 aromatic rings. The Balaban J connectivity index is 0.00000128. The minimum Gasteiger partial charge on any atom is -0.542 e. The summed E-state index contributed by atoms with van der Waals surface area (Å²) in [6, 6.07) is 0. The zero-order valence-corrected chi connectivity index (χ0v) is 8.99. The van der Waals surface area contributed by atoms with Crippen molar-refractivity contribution >= 4 is 5.97 Å². The van der Waals surface area contributed by atoms with E-state index in [2.05, 4.69) is 4.74 Å². The number of hydrogen-bond acceptors (Lipinski definition) is 3. The van der Waals surface area contributed by atoms with E-state index in [1.54, 1.807) is 0 Å². The number of carboxylic acids is 1. The van der Waals surface area contributed by atoms with Gasteiger partial charge >= 0.3 is 25.0 Å². The van der Waals surface area contributed by atoms with Crippen LogP contribution in [0.5, 0.6) is 0 Å². The number of carboxylic acid groups (broad SMARTS) is 1. The first kappa shape index (κ1) is 13.7. The number of fused-ring (bicyclic) bond motifs is 2. The maximum atomic E-state index is 12.7. The van der Waals surface area contributed by atoms with E-state index in [-0.39, 0.29) is 24.8 Å². The summed E-state index contributed by atoms with van der Waals surface area (Å²) in [5, 5.41) is 10.1. The molecule has 2 rings (SSSR count). The Bertz CT molecular complexity index is 306. The number of aliphatic carboxylic acids is 1. The Hall–Kier alpha value is -0.373. The maximum absolute atomic E-state index is 12.7. The monoisotopic (exact) mass is 224 g/mol. The summed E-state index contributed by atoms with van der Waals surface area (Å²) in [5.41, 5.74) is 0. The molecule has 6 heteroatoms. The third kappa shape index (κ3) is 2.65. The predicted molar refractivity (Wildman–Crippen MR) is 44.8 cm³/mol. The normalized spacial score (nSPS) is 32.2. The van der Waals surface area contributed by atoms with Crippen molar-refractivity contribution in [1.29, 1.82) is 0 Å². The first-order chi connectivity index (χ1) is 6.99. The maximum Gasteiger partial charge on any atom is 1.00 e. The Morgan fingerprint density at radius 1 is 1.44 bits per heavy atom. The minimum atomic E-state index is -4.17. The third-order valence-corrected chi connectivity index (χ3v) is 3.04. The molecule has 0 saturated heterocycles. The van der Waals surface area contributed by atoms with Crippen LogP contribution in [0, 0.1) is 11.8 Å². The molecular formula is C10H11F2LiO3. The predicted octanol–water partition coefficient (Wildman–Crippen LogP) is -2.30. The Kier molecular flexibility index (Phi) is 4.16. The smallest absolute Gasteiger partial charge is 0.542 e. The number of carbonyl (C=O) groups excluding carboxylic acids is 1. The van der Waals surface area contributed by atoms with Crippen molar-refractivity contribution in [2.45, 2.75) is 31.5 Å². The summed E-state index contributed by atoms with van der Waals surface area (Å²) < 4.78 is 29.8. The van der Waals surface area contributed by atoms with Crippen LogP contribution in [0.1, 0.15) is 19.3 Å². The average molecular weight is 224 g/mol. The van der Waals surface area contributed by atoms with Crippen LogP contribution < -0.4 is 24.0 Å². The first-order valence-electron chi connectivity index (χ1n) is 4.93. The van der Waals surface area contributed by atoms with E-state index in [1.165, 1.54) is 0 Å². The van der Waals surface area contributed by atoms with Crippen molar-refractivity contribution in [2.24, 2.45) is 11.8 Å². The van der Waals surface area contributed by atoms with Crippen molar-refractivity contribution < 1.29 is 42.3 Å². The van der Waals surface area contributed by atoms with E-state index < -0.39 is 18.2 Å². The van der Waals surface area contributed by atoms with Crippen molar-refractivity contribution in [3.05, 3.63) is 12.2 Å². The molecule has 0 heterocycles. The van der Waals surface area contributed by atoms with Crippen LogP contribution >= 0.6 is 0 Å². The van der Waals surface area contributed by atoms with Crippen molar-refractivity contribution in [2.75, 3.05) is 0 Å². The summed E-state index contributed by atoms with van der Waals surface area (Å²) in [5.74, 6) is -2.19. The van der Waals surface area contributed by atoms with Crippen LogP contribution in [0.2, 0.25) is 0 Å². The van der Waals surface area contributed by atoms with Gasteiger partial charge in [0.05, 0.1) is 6.10 Å². The molecular weight excluding hydrogens is 213 g/mol. The number of alkyl halides is 2. The van der Waals surface area contributed by atoms with Crippen molar-refractivity contribution in [3.63, 3.8) is 0 Å². The summed E-state index contributed by atoms with van der Waals surface area (Å²) in [7, 11) is 0. The van der Waals surface area contributed by atoms with Gasteiger partial charge < -0.3 is 14.6 Å². The molecule has 3 unspecified atom stereocenters. The summed E-state index contributed by atoms with van der Waals surface area (Å²) in [4.78, 5) is 10.1. The minimum absolute atomic E-state index is 0. The van der Waals surface area contributed by atoms with Gasteiger partial charge in [0.15, 0.2) is 0 Å². The van der Waals surface area contributed by atoms with Gasteiger partial charge in [0.1, 0.15) is 5.97 Å². The summed E-state index contributed by atoms with van der Waals surface area (Å²) >= 11 is 0. The van der Waals surface area contributed by atoms with E-state index in [0.717, 1.165) is 12.8 Å². The Morgan fingerprint density at radius 2 is 2.12 bits per heavy atom. The summed E-state index contributed by atoms with van der Waals surface area (Å²) in [6.07, 6.45) is 1.09. The first-order valence-corrected chi connectivity index (χ1v) is 4.93. The number of hydrogen-bond donors (Lipinski definition) is 0. The molecule has 2 aliphatic carbocycles. The molecule has 0 amide bonds. The molecule has 84 valence electrons. The zero-order chi connectivity index (χ0) is 11.1. The van der Waals surface area contributed by atoms with Gasteiger partial charge in [0.25, 0.3) is 0 Å². The second-order valence-corrected chi connectivity index (χ2v) is 4.13. The number of halogens is 2. The fourth-order valence-corrected chi connectivity index (χ4v) is 2.35. The van der Waals surface area contributed by atoms with E-state index >= 15 is 0 Å². The average Bonchev–Trinajstić information content (AvgIpc) is 2.41. The summed E-state index contributed by atoms with van der Waals surface area (Å²) in [6.45, 7) is 0.